The van der Waals surface area contributed by atoms with Crippen LogP contribution in [-0.4, -0.2) is 15.6 Å². The van der Waals surface area contributed by atoms with Crippen LogP contribution in [0.25, 0.3) is 0 Å². The molecule has 0 aliphatic rings. The molecule has 7 heteroatoms. The number of nitrogens with one attached hydrogen (secondary N) is 2. The van der Waals surface area contributed by atoms with E-state index in [2.05, 4.69) is 15.6 Å². The summed E-state index contributed by atoms with van der Waals surface area (Å²) in [5, 5.41) is 5.41. The molecule has 2 N–H and O–H groups in total. The maximum Gasteiger partial charge on any atom is 0.315 e. The number of hydrogen-bond acceptors (Lipinski definition) is 2. The van der Waals surface area contributed by atoms with E-state index in [9.17, 15) is 13.6 Å². The number of amides is 2. The van der Waals surface area contributed by atoms with E-state index in [4.69, 9.17) is 0 Å². The summed E-state index contributed by atoms with van der Waals surface area (Å²) in [5.74, 6) is -0.589. The highest BCUT2D eigenvalue weighted by molar-refractivity contribution is 5.74. The van der Waals surface area contributed by atoms with Crippen molar-refractivity contribution in [3.05, 3.63) is 53.6 Å². The largest absolute Gasteiger partial charge is 0.337 e. The minimum Gasteiger partial charge on any atom is -0.337 e. The maximum absolute atomic E-state index is 13.9. The van der Waals surface area contributed by atoms with Crippen LogP contribution in [0.2, 0.25) is 0 Å². The first-order chi connectivity index (χ1) is 11.0. The summed E-state index contributed by atoms with van der Waals surface area (Å²) in [6.45, 7) is 2.20. The predicted octanol–water partition coefficient (Wildman–Crippen LogP) is 3.04. The third-order valence-corrected chi connectivity index (χ3v) is 3.55. The van der Waals surface area contributed by atoms with E-state index in [0.717, 1.165) is 12.5 Å². The number of aromatic nitrogens is 2. The molecule has 0 saturated heterocycles. The van der Waals surface area contributed by atoms with Gasteiger partial charge in [0, 0.05) is 31.1 Å². The van der Waals surface area contributed by atoms with Gasteiger partial charge >= 0.3 is 6.03 Å². The first kappa shape index (κ1) is 16.9. The van der Waals surface area contributed by atoms with Crippen LogP contribution < -0.4 is 10.6 Å². The fraction of sp³-hybridized carbons (Fsp3) is 0.375. The summed E-state index contributed by atoms with van der Waals surface area (Å²) in [7, 11) is 1.83. The van der Waals surface area contributed by atoms with Crippen molar-refractivity contribution >= 4 is 6.03 Å². The molecule has 23 heavy (non-hydrogen) atoms. The molecule has 124 valence electrons. The van der Waals surface area contributed by atoms with E-state index in [-0.39, 0.29) is 12.1 Å². The van der Waals surface area contributed by atoms with Crippen molar-refractivity contribution in [3.63, 3.8) is 0 Å². The predicted molar refractivity (Wildman–Crippen MR) is 82.6 cm³/mol. The average Bonchev–Trinajstić information content (AvgIpc) is 2.90. The van der Waals surface area contributed by atoms with E-state index in [1.54, 1.807) is 17.0 Å². The third-order valence-electron chi connectivity index (χ3n) is 3.55. The summed E-state index contributed by atoms with van der Waals surface area (Å²) in [5.41, 5.74) is 0.278. The van der Waals surface area contributed by atoms with Gasteiger partial charge in [0.15, 0.2) is 0 Å². The highest BCUT2D eigenvalue weighted by Gasteiger charge is 2.18. The smallest absolute Gasteiger partial charge is 0.315 e. The molecule has 0 aliphatic heterocycles. The highest BCUT2D eigenvalue weighted by atomic mass is 19.1. The van der Waals surface area contributed by atoms with E-state index < -0.39 is 23.7 Å². The third kappa shape index (κ3) is 4.51. The molecule has 2 amide bonds. The Labute approximate surface area is 133 Å². The van der Waals surface area contributed by atoms with Crippen LogP contribution in [0.15, 0.2) is 30.6 Å². The summed E-state index contributed by atoms with van der Waals surface area (Å²) < 4.78 is 28.7. The summed E-state index contributed by atoms with van der Waals surface area (Å²) in [6.07, 6.45) is 4.73. The van der Waals surface area contributed by atoms with Crippen molar-refractivity contribution in [3.8, 4) is 0 Å². The van der Waals surface area contributed by atoms with Gasteiger partial charge < -0.3 is 15.2 Å². The molecule has 0 unspecified atom stereocenters. The molecule has 5 nitrogen and oxygen atoms in total. The number of aryl methyl sites for hydroxylation is 1. The lowest BCUT2D eigenvalue weighted by atomic mass is 10.0. The molecule has 1 heterocycles. The minimum absolute atomic E-state index is 0.264. The van der Waals surface area contributed by atoms with Gasteiger partial charge in [-0.25, -0.2) is 18.6 Å². The zero-order chi connectivity index (χ0) is 16.8. The molecule has 1 atom stereocenters. The van der Waals surface area contributed by atoms with Crippen LogP contribution in [0.5, 0.6) is 0 Å². The normalized spacial score (nSPS) is 12.0. The number of urea groups is 1. The molecule has 1 aromatic carbocycles. The zero-order valence-corrected chi connectivity index (χ0v) is 13.1. The van der Waals surface area contributed by atoms with Crippen molar-refractivity contribution in [1.29, 1.82) is 0 Å². The number of carbonyl (C=O) groups excluding carboxylic acids is 1. The standard InChI is InChI=1S/C16H20F2N4O/c1-3-4-14(12-6-5-11(17)9-13(12)18)21-16(23)20-10-15-19-7-8-22(15)2/h5-9,14H,3-4,10H2,1-2H3,(H2,20,21,23)/t14-/m0/s1. The van der Waals surface area contributed by atoms with Gasteiger partial charge in [0.1, 0.15) is 17.5 Å². The molecule has 1 aromatic heterocycles. The Morgan fingerprint density at radius 2 is 2.17 bits per heavy atom. The lowest BCUT2D eigenvalue weighted by molar-refractivity contribution is 0.235. The number of rotatable bonds is 6. The highest BCUT2D eigenvalue weighted by Crippen LogP contribution is 2.22. The van der Waals surface area contributed by atoms with Gasteiger partial charge in [-0.15, -0.1) is 0 Å². The molecule has 0 fully saturated rings. The Kier molecular flexibility index (Phi) is 5.67. The molecule has 2 rings (SSSR count). The Morgan fingerprint density at radius 3 is 2.78 bits per heavy atom. The number of nitrogens with zero attached hydrogens (tertiary/aromatic N) is 2. The fourth-order valence-electron chi connectivity index (χ4n) is 2.31. The first-order valence-corrected chi connectivity index (χ1v) is 7.46. The average molecular weight is 322 g/mol. The Hall–Kier alpha value is -2.44. The maximum atomic E-state index is 13.9. The number of carbonyl (C=O) groups is 1. The number of halogens is 2. The second-order valence-corrected chi connectivity index (χ2v) is 5.29. The van der Waals surface area contributed by atoms with E-state index in [1.165, 1.54) is 12.1 Å². The molecule has 2 aromatic rings. The topological polar surface area (TPSA) is 59.0 Å². The quantitative estimate of drug-likeness (QED) is 0.859. The first-order valence-electron chi connectivity index (χ1n) is 7.46. The number of benzene rings is 1. The Morgan fingerprint density at radius 1 is 1.39 bits per heavy atom. The monoisotopic (exact) mass is 322 g/mol. The second-order valence-electron chi connectivity index (χ2n) is 5.29. The van der Waals surface area contributed by atoms with Gasteiger partial charge in [-0.2, -0.15) is 0 Å². The number of imidazole rings is 1. The van der Waals surface area contributed by atoms with Gasteiger partial charge in [-0.05, 0) is 12.5 Å². The molecule has 0 bridgehead atoms. The molecule has 0 radical (unpaired) electrons. The van der Waals surface area contributed by atoms with E-state index in [1.807, 2.05) is 14.0 Å². The lowest BCUT2D eigenvalue weighted by Crippen LogP contribution is -2.38. The zero-order valence-electron chi connectivity index (χ0n) is 13.1. The van der Waals surface area contributed by atoms with Crippen molar-refractivity contribution in [2.45, 2.75) is 32.4 Å². The summed E-state index contributed by atoms with van der Waals surface area (Å²) in [4.78, 5) is 16.1. The molecule has 0 aliphatic carbocycles. The van der Waals surface area contributed by atoms with Crippen molar-refractivity contribution in [1.82, 2.24) is 20.2 Å². The molecular formula is C16H20F2N4O. The minimum atomic E-state index is -0.659. The summed E-state index contributed by atoms with van der Waals surface area (Å²) in [6, 6.07) is 2.45. The second kappa shape index (κ2) is 7.71. The SMILES string of the molecule is CCC[C@H](NC(=O)NCc1nccn1C)c1ccc(F)cc1F. The van der Waals surface area contributed by atoms with Crippen LogP contribution >= 0.6 is 0 Å². The van der Waals surface area contributed by atoms with Gasteiger partial charge in [0.2, 0.25) is 0 Å². The van der Waals surface area contributed by atoms with Crippen molar-refractivity contribution in [2.75, 3.05) is 0 Å². The van der Waals surface area contributed by atoms with Gasteiger partial charge in [-0.1, -0.05) is 19.4 Å². The lowest BCUT2D eigenvalue weighted by Gasteiger charge is -2.19. The van der Waals surface area contributed by atoms with Gasteiger partial charge in [-0.3, -0.25) is 0 Å². The van der Waals surface area contributed by atoms with Crippen LogP contribution in [0.1, 0.15) is 37.2 Å². The number of hydrogen-bond donors (Lipinski definition) is 2. The van der Waals surface area contributed by atoms with Gasteiger partial charge in [0.05, 0.1) is 12.6 Å². The van der Waals surface area contributed by atoms with Crippen molar-refractivity contribution < 1.29 is 13.6 Å². The van der Waals surface area contributed by atoms with E-state index in [0.29, 0.717) is 12.2 Å². The molecular weight excluding hydrogens is 302 g/mol. The van der Waals surface area contributed by atoms with E-state index >= 15 is 0 Å². The van der Waals surface area contributed by atoms with Gasteiger partial charge in [0.25, 0.3) is 0 Å². The molecule has 0 spiro atoms. The summed E-state index contributed by atoms with van der Waals surface area (Å²) >= 11 is 0. The Balaban J connectivity index is 2.01. The van der Waals surface area contributed by atoms with Crippen LogP contribution in [0, 0.1) is 11.6 Å². The molecule has 0 saturated carbocycles. The Bertz CT molecular complexity index is 672. The van der Waals surface area contributed by atoms with Crippen LogP contribution in [0.4, 0.5) is 13.6 Å². The fourth-order valence-corrected chi connectivity index (χ4v) is 2.31. The van der Waals surface area contributed by atoms with Crippen LogP contribution in [-0.2, 0) is 13.6 Å². The van der Waals surface area contributed by atoms with Crippen LogP contribution in [0.3, 0.4) is 0 Å². The van der Waals surface area contributed by atoms with Crippen molar-refractivity contribution in [2.24, 2.45) is 7.05 Å².